The van der Waals surface area contributed by atoms with Crippen molar-refractivity contribution in [3.63, 3.8) is 0 Å². The van der Waals surface area contributed by atoms with Crippen LogP contribution in [0, 0.1) is 13.8 Å². The van der Waals surface area contributed by atoms with E-state index in [1.54, 1.807) is 11.3 Å². The summed E-state index contributed by atoms with van der Waals surface area (Å²) in [7, 11) is 0. The monoisotopic (exact) mass is 371 g/mol. The van der Waals surface area contributed by atoms with Crippen molar-refractivity contribution in [2.45, 2.75) is 53.1 Å². The van der Waals surface area contributed by atoms with Crippen molar-refractivity contribution < 1.29 is 9.21 Å². The van der Waals surface area contributed by atoms with Gasteiger partial charge in [-0.05, 0) is 51.3 Å². The van der Waals surface area contributed by atoms with Gasteiger partial charge in [0.1, 0.15) is 11.5 Å². The maximum atomic E-state index is 12.4. The molecule has 0 bridgehead atoms. The maximum Gasteiger partial charge on any atom is 0.220 e. The minimum atomic E-state index is -0.0546. The Labute approximate surface area is 158 Å². The van der Waals surface area contributed by atoms with Crippen molar-refractivity contribution in [2.75, 3.05) is 0 Å². The van der Waals surface area contributed by atoms with Gasteiger partial charge in [-0.25, -0.2) is 0 Å². The second-order valence-corrected chi connectivity index (χ2v) is 7.38. The van der Waals surface area contributed by atoms with Crippen molar-refractivity contribution in [1.29, 1.82) is 0 Å². The number of nitrogens with one attached hydrogen (secondary N) is 1. The Hall–Kier alpha value is -2.34. The first-order chi connectivity index (χ1) is 12.5. The van der Waals surface area contributed by atoms with Gasteiger partial charge < -0.3 is 9.73 Å². The first-order valence-electron chi connectivity index (χ1n) is 8.95. The third kappa shape index (κ3) is 3.90. The predicted octanol–water partition coefficient (Wildman–Crippen LogP) is 4.65. The molecule has 3 heterocycles. The van der Waals surface area contributed by atoms with E-state index in [-0.39, 0.29) is 11.9 Å². The van der Waals surface area contributed by atoms with Crippen molar-refractivity contribution in [3.8, 4) is 10.6 Å². The van der Waals surface area contributed by atoms with Crippen molar-refractivity contribution in [1.82, 2.24) is 15.1 Å². The molecule has 1 unspecified atom stereocenters. The van der Waals surface area contributed by atoms with Crippen molar-refractivity contribution in [3.05, 3.63) is 52.4 Å². The molecule has 26 heavy (non-hydrogen) atoms. The summed E-state index contributed by atoms with van der Waals surface area (Å²) >= 11 is 1.65. The molecule has 3 aromatic heterocycles. The molecular formula is C20H25N3O2S. The van der Waals surface area contributed by atoms with Gasteiger partial charge in [-0.15, -0.1) is 11.3 Å². The van der Waals surface area contributed by atoms with Gasteiger partial charge in [-0.1, -0.05) is 6.07 Å². The number of nitrogens with zero attached hydrogens (tertiary/aromatic N) is 2. The van der Waals surface area contributed by atoms with Crippen LogP contribution in [0.25, 0.3) is 10.6 Å². The largest absolute Gasteiger partial charge is 0.460 e. The van der Waals surface area contributed by atoms with Gasteiger partial charge in [0, 0.05) is 30.6 Å². The van der Waals surface area contributed by atoms with Gasteiger partial charge in [0.25, 0.3) is 0 Å². The number of carbonyl (C=O) groups is 1. The van der Waals surface area contributed by atoms with Crippen LogP contribution < -0.4 is 5.32 Å². The summed E-state index contributed by atoms with van der Waals surface area (Å²) in [5.74, 6) is 1.72. The maximum absolute atomic E-state index is 12.4. The predicted molar refractivity (Wildman–Crippen MR) is 104 cm³/mol. The number of thiophene rings is 1. The number of aromatic nitrogens is 2. The summed E-state index contributed by atoms with van der Waals surface area (Å²) in [4.78, 5) is 13.5. The third-order valence-corrected chi connectivity index (χ3v) is 5.46. The highest BCUT2D eigenvalue weighted by Gasteiger charge is 2.19. The Balaban J connectivity index is 1.57. The molecule has 0 saturated carbocycles. The molecule has 0 saturated heterocycles. The van der Waals surface area contributed by atoms with Crippen molar-refractivity contribution >= 4 is 17.2 Å². The Bertz CT molecular complexity index is 877. The molecule has 138 valence electrons. The standard InChI is InChI=1S/C20H25N3O2S/c1-5-23-15(4)20(14(3)22-23)13(2)21-19(24)11-9-16-8-10-17(25-16)18-7-6-12-26-18/h6-8,10,12-13H,5,9,11H2,1-4H3,(H,21,24). The first-order valence-corrected chi connectivity index (χ1v) is 9.83. The molecular weight excluding hydrogens is 346 g/mol. The molecule has 1 amide bonds. The molecule has 1 N–H and O–H groups in total. The SMILES string of the molecule is CCn1nc(C)c(C(C)NC(=O)CCc2ccc(-c3cccs3)o2)c1C. The molecule has 0 aliphatic heterocycles. The second kappa shape index (κ2) is 7.91. The number of hydrogen-bond donors (Lipinski definition) is 1. The van der Waals surface area contributed by atoms with E-state index in [2.05, 4.69) is 24.3 Å². The third-order valence-electron chi connectivity index (χ3n) is 4.57. The molecule has 1 atom stereocenters. The molecule has 3 aromatic rings. The van der Waals surface area contributed by atoms with Crippen LogP contribution in [0.15, 0.2) is 34.1 Å². The lowest BCUT2D eigenvalue weighted by Crippen LogP contribution is -2.27. The lowest BCUT2D eigenvalue weighted by atomic mass is 10.1. The molecule has 0 aliphatic carbocycles. The van der Waals surface area contributed by atoms with E-state index < -0.39 is 0 Å². The number of aryl methyl sites for hydroxylation is 3. The Morgan fingerprint density at radius 2 is 2.15 bits per heavy atom. The van der Waals surface area contributed by atoms with Gasteiger partial charge in [0.15, 0.2) is 0 Å². The fourth-order valence-corrected chi connectivity index (χ4v) is 4.02. The minimum absolute atomic E-state index is 0.0228. The van der Waals surface area contributed by atoms with Crippen LogP contribution in [0.1, 0.15) is 49.0 Å². The summed E-state index contributed by atoms with van der Waals surface area (Å²) in [6.07, 6.45) is 0.998. The highest BCUT2D eigenvalue weighted by Crippen LogP contribution is 2.27. The number of amides is 1. The average Bonchev–Trinajstić information content (AvgIpc) is 3.32. The topological polar surface area (TPSA) is 60.1 Å². The molecule has 0 radical (unpaired) electrons. The molecule has 5 nitrogen and oxygen atoms in total. The minimum Gasteiger partial charge on any atom is -0.460 e. The second-order valence-electron chi connectivity index (χ2n) is 6.43. The van der Waals surface area contributed by atoms with Gasteiger partial charge in [0.05, 0.1) is 16.6 Å². The molecule has 6 heteroatoms. The highest BCUT2D eigenvalue weighted by molar-refractivity contribution is 7.13. The smallest absolute Gasteiger partial charge is 0.220 e. The molecule has 0 fully saturated rings. The number of hydrogen-bond acceptors (Lipinski definition) is 4. The Morgan fingerprint density at radius 3 is 2.81 bits per heavy atom. The van der Waals surface area contributed by atoms with Gasteiger partial charge >= 0.3 is 0 Å². The fourth-order valence-electron chi connectivity index (χ4n) is 3.33. The number of furan rings is 1. The van der Waals surface area contributed by atoms with Gasteiger partial charge in [-0.3, -0.25) is 9.48 Å². The quantitative estimate of drug-likeness (QED) is 0.657. The zero-order chi connectivity index (χ0) is 18.7. The van der Waals surface area contributed by atoms with Gasteiger partial charge in [-0.2, -0.15) is 5.10 Å². The first kappa shape index (κ1) is 18.5. The van der Waals surface area contributed by atoms with E-state index in [9.17, 15) is 4.79 Å². The molecule has 3 rings (SSSR count). The van der Waals surface area contributed by atoms with Crippen LogP contribution in [0.3, 0.4) is 0 Å². The summed E-state index contributed by atoms with van der Waals surface area (Å²) in [5, 5.41) is 9.64. The Morgan fingerprint density at radius 1 is 1.35 bits per heavy atom. The van der Waals surface area contributed by atoms with Crippen molar-refractivity contribution in [2.24, 2.45) is 0 Å². The summed E-state index contributed by atoms with van der Waals surface area (Å²) in [6, 6.07) is 7.89. The summed E-state index contributed by atoms with van der Waals surface area (Å²) in [6.45, 7) is 8.96. The molecule has 0 spiro atoms. The lowest BCUT2D eigenvalue weighted by molar-refractivity contribution is -0.121. The van der Waals surface area contributed by atoms with Gasteiger partial charge in [0.2, 0.25) is 5.91 Å². The normalized spacial score (nSPS) is 12.3. The van der Waals surface area contributed by atoms with E-state index in [0.29, 0.717) is 12.8 Å². The van der Waals surface area contributed by atoms with Crippen LogP contribution in [-0.4, -0.2) is 15.7 Å². The van der Waals surface area contributed by atoms with Crippen LogP contribution >= 0.6 is 11.3 Å². The van der Waals surface area contributed by atoms with E-state index in [4.69, 9.17) is 4.42 Å². The highest BCUT2D eigenvalue weighted by atomic mass is 32.1. The van der Waals surface area contributed by atoms with Crippen LogP contribution in [0.2, 0.25) is 0 Å². The van der Waals surface area contributed by atoms with E-state index >= 15 is 0 Å². The van der Waals surface area contributed by atoms with Crippen LogP contribution in [0.4, 0.5) is 0 Å². The number of rotatable bonds is 7. The fraction of sp³-hybridized carbons (Fsp3) is 0.400. The van der Waals surface area contributed by atoms with E-state index in [1.165, 1.54) is 0 Å². The molecule has 0 aliphatic rings. The Kier molecular flexibility index (Phi) is 5.61. The zero-order valence-electron chi connectivity index (χ0n) is 15.7. The zero-order valence-corrected chi connectivity index (χ0v) is 16.5. The van der Waals surface area contributed by atoms with Crippen LogP contribution in [-0.2, 0) is 17.8 Å². The van der Waals surface area contributed by atoms with E-state index in [0.717, 1.165) is 39.9 Å². The summed E-state index contributed by atoms with van der Waals surface area (Å²) < 4.78 is 7.82. The lowest BCUT2D eigenvalue weighted by Gasteiger charge is -2.15. The molecule has 0 aromatic carbocycles. The summed E-state index contributed by atoms with van der Waals surface area (Å²) in [5.41, 5.74) is 3.20. The van der Waals surface area contributed by atoms with E-state index in [1.807, 2.05) is 48.2 Å². The van der Waals surface area contributed by atoms with Crippen LogP contribution in [0.5, 0.6) is 0 Å². The number of carbonyl (C=O) groups excluding carboxylic acids is 1. The average molecular weight is 372 g/mol.